The third-order valence-electron chi connectivity index (χ3n) is 5.95. The lowest BCUT2D eigenvalue weighted by atomic mass is 9.87. The number of likely N-dealkylation sites (tertiary alicyclic amines) is 1. The predicted octanol–water partition coefficient (Wildman–Crippen LogP) is 3.03. The summed E-state index contributed by atoms with van der Waals surface area (Å²) in [5.74, 6) is -5.51. The van der Waals surface area contributed by atoms with E-state index in [1.54, 1.807) is 11.3 Å². The Hall–Kier alpha value is -2.01. The van der Waals surface area contributed by atoms with Crippen molar-refractivity contribution in [2.45, 2.75) is 44.7 Å². The summed E-state index contributed by atoms with van der Waals surface area (Å²) in [4.78, 5) is 27.6. The van der Waals surface area contributed by atoms with Gasteiger partial charge in [-0.1, -0.05) is 0 Å². The fraction of sp³-hybridized carbons (Fsp3) is 0.762. The fourth-order valence-corrected chi connectivity index (χ4v) is 4.87. The van der Waals surface area contributed by atoms with Gasteiger partial charge in [0.2, 0.25) is 0 Å². The van der Waals surface area contributed by atoms with Crippen LogP contribution in [-0.4, -0.2) is 108 Å². The summed E-state index contributed by atoms with van der Waals surface area (Å²) in [5.41, 5.74) is 1.52. The van der Waals surface area contributed by atoms with Gasteiger partial charge in [0.1, 0.15) is 0 Å². The summed E-state index contributed by atoms with van der Waals surface area (Å²) in [5, 5.41) is 17.6. The van der Waals surface area contributed by atoms with E-state index in [9.17, 15) is 26.3 Å². The molecule has 1 spiro atoms. The third kappa shape index (κ3) is 10.3. The number of thiazole rings is 1. The molecule has 3 aliphatic rings. The Balaban J connectivity index is 0.000000286. The van der Waals surface area contributed by atoms with E-state index in [1.165, 1.54) is 23.5 Å². The van der Waals surface area contributed by atoms with E-state index in [4.69, 9.17) is 29.3 Å². The maximum atomic E-state index is 10.6. The Kier molecular flexibility index (Phi) is 11.1. The van der Waals surface area contributed by atoms with Gasteiger partial charge in [-0.05, 0) is 26.3 Å². The van der Waals surface area contributed by atoms with Crippen LogP contribution in [-0.2, 0) is 25.6 Å². The number of alkyl halides is 6. The average molecular weight is 566 g/mol. The number of carbonyl (C=O) groups is 2. The van der Waals surface area contributed by atoms with E-state index >= 15 is 0 Å². The summed E-state index contributed by atoms with van der Waals surface area (Å²) >= 11 is 1.75. The number of aryl methyl sites for hydroxylation is 1. The highest BCUT2D eigenvalue weighted by Gasteiger charge is 2.43. The maximum Gasteiger partial charge on any atom is 0.490 e. The molecule has 2 atom stereocenters. The van der Waals surface area contributed by atoms with Crippen LogP contribution in [0.2, 0.25) is 0 Å². The monoisotopic (exact) mass is 565 g/mol. The predicted molar refractivity (Wildman–Crippen MR) is 118 cm³/mol. The summed E-state index contributed by atoms with van der Waals surface area (Å²) < 4.78 is 75.1. The van der Waals surface area contributed by atoms with Gasteiger partial charge in [0.25, 0.3) is 0 Å². The minimum absolute atomic E-state index is 0.296. The Morgan fingerprint density at radius 3 is 2.19 bits per heavy atom. The highest BCUT2D eigenvalue weighted by atomic mass is 32.1. The van der Waals surface area contributed by atoms with Crippen LogP contribution in [0.1, 0.15) is 23.5 Å². The van der Waals surface area contributed by atoms with Gasteiger partial charge in [-0.25, -0.2) is 14.6 Å². The Morgan fingerprint density at radius 2 is 1.70 bits per heavy atom. The molecule has 16 heteroatoms. The molecule has 3 aliphatic heterocycles. The molecule has 4 heterocycles. The van der Waals surface area contributed by atoms with Crippen molar-refractivity contribution in [2.75, 3.05) is 52.6 Å². The lowest BCUT2D eigenvalue weighted by Crippen LogP contribution is -2.45. The van der Waals surface area contributed by atoms with Crippen molar-refractivity contribution >= 4 is 23.3 Å². The first-order chi connectivity index (χ1) is 17.1. The second-order valence-electron chi connectivity index (χ2n) is 8.96. The second kappa shape index (κ2) is 13.2. The van der Waals surface area contributed by atoms with Crippen LogP contribution in [0.4, 0.5) is 26.3 Å². The summed E-state index contributed by atoms with van der Waals surface area (Å²) in [6, 6.07) is 0.601. The van der Waals surface area contributed by atoms with E-state index in [2.05, 4.69) is 27.1 Å². The number of aliphatic carboxylic acids is 2. The molecule has 3 fully saturated rings. The van der Waals surface area contributed by atoms with Gasteiger partial charge in [-0.2, -0.15) is 26.3 Å². The molecule has 2 N–H and O–H groups in total. The highest BCUT2D eigenvalue weighted by Crippen LogP contribution is 2.35. The summed E-state index contributed by atoms with van der Waals surface area (Å²) in [7, 11) is 0. The van der Waals surface area contributed by atoms with Crippen molar-refractivity contribution in [3.63, 3.8) is 0 Å². The van der Waals surface area contributed by atoms with Crippen molar-refractivity contribution in [1.29, 1.82) is 0 Å². The first-order valence-corrected chi connectivity index (χ1v) is 12.1. The number of hydrogen-bond donors (Lipinski definition) is 2. The Morgan fingerprint density at radius 1 is 1.08 bits per heavy atom. The number of carboxylic acids is 2. The SMILES string of the molecule is Cc1nc(CN2CCC3(COCCN(C4CCOC4)C3)C2)cs1.O=C(O)C(F)(F)F.O=C(O)C(F)(F)F. The van der Waals surface area contributed by atoms with E-state index in [0.29, 0.717) is 11.5 Å². The van der Waals surface area contributed by atoms with Crippen molar-refractivity contribution in [1.82, 2.24) is 14.8 Å². The number of aromatic nitrogens is 1. The number of ether oxygens (including phenoxy) is 2. The van der Waals surface area contributed by atoms with Crippen molar-refractivity contribution in [3.8, 4) is 0 Å². The molecule has 0 radical (unpaired) electrons. The number of carboxylic acid groups (broad SMARTS) is 2. The second-order valence-corrected chi connectivity index (χ2v) is 10.0. The minimum Gasteiger partial charge on any atom is -0.475 e. The zero-order valence-corrected chi connectivity index (χ0v) is 20.8. The molecule has 0 aromatic carbocycles. The third-order valence-corrected chi connectivity index (χ3v) is 6.77. The van der Waals surface area contributed by atoms with E-state index in [0.717, 1.165) is 59.2 Å². The van der Waals surface area contributed by atoms with Gasteiger partial charge < -0.3 is 19.7 Å². The maximum absolute atomic E-state index is 10.6. The Labute approximate surface area is 213 Å². The van der Waals surface area contributed by atoms with Crippen molar-refractivity contribution < 1.29 is 55.6 Å². The minimum atomic E-state index is -5.08. The first kappa shape index (κ1) is 31.2. The van der Waals surface area contributed by atoms with Gasteiger partial charge in [-0.15, -0.1) is 11.3 Å². The van der Waals surface area contributed by atoms with Crippen LogP contribution in [0.25, 0.3) is 0 Å². The van der Waals surface area contributed by atoms with Crippen LogP contribution >= 0.6 is 11.3 Å². The zero-order valence-electron chi connectivity index (χ0n) is 20.0. The first-order valence-electron chi connectivity index (χ1n) is 11.2. The molecule has 212 valence electrons. The average Bonchev–Trinajstić information content (AvgIpc) is 3.50. The zero-order chi connectivity index (χ0) is 27.9. The van der Waals surface area contributed by atoms with Gasteiger partial charge in [-0.3, -0.25) is 9.80 Å². The molecular formula is C21H29F6N3O6S. The van der Waals surface area contributed by atoms with E-state index < -0.39 is 24.3 Å². The summed E-state index contributed by atoms with van der Waals surface area (Å²) in [6.07, 6.45) is -7.75. The Bertz CT molecular complexity index is 869. The smallest absolute Gasteiger partial charge is 0.475 e. The standard InChI is InChI=1S/C17H27N3O2S.2C2HF3O2/c1-14-18-15(10-23-14)8-19-4-3-17(11-19)12-20(5-7-22-13-17)16-2-6-21-9-16;2*3-2(4,5)1(6)7/h10,16H,2-9,11-13H2,1H3;2*(H,6,7). The van der Waals surface area contributed by atoms with Gasteiger partial charge >= 0.3 is 24.3 Å². The topological polar surface area (TPSA) is 112 Å². The van der Waals surface area contributed by atoms with E-state index in [-0.39, 0.29) is 0 Å². The van der Waals surface area contributed by atoms with Gasteiger partial charge in [0, 0.05) is 49.6 Å². The van der Waals surface area contributed by atoms with Crippen LogP contribution < -0.4 is 0 Å². The molecular weight excluding hydrogens is 536 g/mol. The lowest BCUT2D eigenvalue weighted by Gasteiger charge is -2.34. The molecule has 4 rings (SSSR count). The molecule has 0 aliphatic carbocycles. The quantitative estimate of drug-likeness (QED) is 0.534. The molecule has 2 unspecified atom stereocenters. The molecule has 9 nitrogen and oxygen atoms in total. The normalized spacial score (nSPS) is 25.1. The fourth-order valence-electron chi connectivity index (χ4n) is 4.27. The van der Waals surface area contributed by atoms with Crippen molar-refractivity contribution in [2.24, 2.45) is 5.41 Å². The number of hydrogen-bond acceptors (Lipinski definition) is 8. The molecule has 37 heavy (non-hydrogen) atoms. The van der Waals surface area contributed by atoms with Gasteiger partial charge in [0.15, 0.2) is 0 Å². The van der Waals surface area contributed by atoms with Crippen LogP contribution in [0.3, 0.4) is 0 Å². The van der Waals surface area contributed by atoms with Crippen LogP contribution in [0.15, 0.2) is 5.38 Å². The molecule has 0 bridgehead atoms. The highest BCUT2D eigenvalue weighted by molar-refractivity contribution is 7.09. The number of halogens is 6. The largest absolute Gasteiger partial charge is 0.490 e. The van der Waals surface area contributed by atoms with Gasteiger partial charge in [0.05, 0.1) is 30.5 Å². The molecule has 3 saturated heterocycles. The number of nitrogens with zero attached hydrogens (tertiary/aromatic N) is 3. The van der Waals surface area contributed by atoms with Crippen LogP contribution in [0.5, 0.6) is 0 Å². The molecule has 0 amide bonds. The van der Waals surface area contributed by atoms with Crippen LogP contribution in [0, 0.1) is 12.3 Å². The molecule has 1 aromatic heterocycles. The molecule has 1 aromatic rings. The van der Waals surface area contributed by atoms with E-state index in [1.807, 2.05) is 0 Å². The summed E-state index contributed by atoms with van der Waals surface area (Å²) in [6.45, 7) is 11.2. The lowest BCUT2D eigenvalue weighted by molar-refractivity contribution is -0.193. The number of rotatable bonds is 3. The molecule has 0 saturated carbocycles. The van der Waals surface area contributed by atoms with Crippen molar-refractivity contribution in [3.05, 3.63) is 16.1 Å².